The number of nitrogens with one attached hydrogen (secondary N) is 1. The van der Waals surface area contributed by atoms with E-state index in [1.807, 2.05) is 53.9 Å². The molecule has 0 spiro atoms. The molecule has 3 aromatic rings. The van der Waals surface area contributed by atoms with Crippen molar-refractivity contribution in [2.75, 3.05) is 5.32 Å². The lowest BCUT2D eigenvalue weighted by Crippen LogP contribution is -2.05. The summed E-state index contributed by atoms with van der Waals surface area (Å²) in [4.78, 5) is 15.7. The normalized spacial score (nSPS) is 10.5. The number of amides is 1. The smallest absolute Gasteiger partial charge is 0.221 e. The third kappa shape index (κ3) is 3.35. The molecule has 0 bridgehead atoms. The van der Waals surface area contributed by atoms with Gasteiger partial charge < -0.3 is 5.32 Å². The Kier molecular flexibility index (Phi) is 4.22. The number of carbonyl (C=O) groups excluding carboxylic acids is 1. The van der Waals surface area contributed by atoms with Gasteiger partial charge in [-0.2, -0.15) is 0 Å². The average Bonchev–Trinajstić information content (AvgIpc) is 2.97. The third-order valence-electron chi connectivity index (χ3n) is 3.08. The summed E-state index contributed by atoms with van der Waals surface area (Å²) in [6, 6.07) is 15.3. The van der Waals surface area contributed by atoms with Crippen molar-refractivity contribution in [2.24, 2.45) is 0 Å². The maximum Gasteiger partial charge on any atom is 0.221 e. The highest BCUT2D eigenvalue weighted by Gasteiger charge is 2.07. The van der Waals surface area contributed by atoms with Gasteiger partial charge in [0.2, 0.25) is 5.91 Å². The van der Waals surface area contributed by atoms with E-state index >= 15 is 0 Å². The van der Waals surface area contributed by atoms with E-state index in [1.165, 1.54) is 6.92 Å². The van der Waals surface area contributed by atoms with E-state index in [2.05, 4.69) is 10.3 Å². The van der Waals surface area contributed by atoms with Crippen LogP contribution in [0, 0.1) is 0 Å². The molecule has 0 radical (unpaired) electrons. The number of halogens is 1. The van der Waals surface area contributed by atoms with Crippen molar-refractivity contribution in [3.05, 3.63) is 58.9 Å². The number of benzene rings is 2. The van der Waals surface area contributed by atoms with Gasteiger partial charge in [0.05, 0.1) is 5.69 Å². The van der Waals surface area contributed by atoms with Gasteiger partial charge in [0.15, 0.2) is 0 Å². The molecule has 2 aromatic carbocycles. The summed E-state index contributed by atoms with van der Waals surface area (Å²) in [5, 5.41) is 6.40. The second-order valence-corrected chi connectivity index (χ2v) is 6.10. The quantitative estimate of drug-likeness (QED) is 0.727. The highest BCUT2D eigenvalue weighted by Crippen LogP contribution is 2.30. The van der Waals surface area contributed by atoms with Gasteiger partial charge in [-0.3, -0.25) is 4.79 Å². The van der Waals surface area contributed by atoms with Gasteiger partial charge in [-0.15, -0.1) is 11.3 Å². The van der Waals surface area contributed by atoms with Crippen molar-refractivity contribution >= 4 is 34.5 Å². The summed E-state index contributed by atoms with van der Waals surface area (Å²) in [6.45, 7) is 1.49. The number of aromatic nitrogens is 1. The summed E-state index contributed by atoms with van der Waals surface area (Å²) in [6.07, 6.45) is 0. The molecule has 1 aromatic heterocycles. The summed E-state index contributed by atoms with van der Waals surface area (Å²) in [5.74, 6) is -0.0790. The molecular formula is C17H13ClN2OS. The van der Waals surface area contributed by atoms with Crippen molar-refractivity contribution < 1.29 is 4.79 Å². The molecule has 1 heterocycles. The largest absolute Gasteiger partial charge is 0.326 e. The Bertz CT molecular complexity index is 812. The van der Waals surface area contributed by atoms with Gasteiger partial charge in [-0.05, 0) is 24.3 Å². The SMILES string of the molecule is CC(=O)Nc1ccc(-c2csc(-c3cccc(Cl)c3)n2)cc1. The molecular weight excluding hydrogens is 316 g/mol. The number of rotatable bonds is 3. The van der Waals surface area contributed by atoms with Crippen LogP contribution in [0.5, 0.6) is 0 Å². The molecule has 0 aliphatic carbocycles. The van der Waals surface area contributed by atoms with Crippen molar-refractivity contribution in [1.29, 1.82) is 0 Å². The summed E-state index contributed by atoms with van der Waals surface area (Å²) in [7, 11) is 0. The molecule has 5 heteroatoms. The number of hydrogen-bond donors (Lipinski definition) is 1. The molecule has 1 amide bonds. The van der Waals surface area contributed by atoms with E-state index in [1.54, 1.807) is 11.3 Å². The van der Waals surface area contributed by atoms with E-state index in [0.717, 1.165) is 27.5 Å². The minimum absolute atomic E-state index is 0.0790. The molecule has 1 N–H and O–H groups in total. The van der Waals surface area contributed by atoms with Crippen molar-refractivity contribution in [2.45, 2.75) is 6.92 Å². The first-order valence-electron chi connectivity index (χ1n) is 6.71. The Morgan fingerprint density at radius 1 is 1.14 bits per heavy atom. The molecule has 3 nitrogen and oxygen atoms in total. The van der Waals surface area contributed by atoms with Crippen LogP contribution in [0.2, 0.25) is 5.02 Å². The zero-order valence-electron chi connectivity index (χ0n) is 11.8. The van der Waals surface area contributed by atoms with Crippen molar-refractivity contribution in [3.8, 4) is 21.8 Å². The van der Waals surface area contributed by atoms with E-state index in [0.29, 0.717) is 5.02 Å². The van der Waals surface area contributed by atoms with Gasteiger partial charge in [0.1, 0.15) is 5.01 Å². The van der Waals surface area contributed by atoms with Crippen LogP contribution in [0.1, 0.15) is 6.92 Å². The van der Waals surface area contributed by atoms with Crippen LogP contribution in [0.25, 0.3) is 21.8 Å². The molecule has 0 aliphatic rings. The van der Waals surface area contributed by atoms with Crippen LogP contribution < -0.4 is 5.32 Å². The van der Waals surface area contributed by atoms with Gasteiger partial charge in [0, 0.05) is 34.1 Å². The van der Waals surface area contributed by atoms with E-state index in [4.69, 9.17) is 11.6 Å². The molecule has 0 unspecified atom stereocenters. The first-order chi connectivity index (χ1) is 10.6. The molecule has 110 valence electrons. The molecule has 0 saturated carbocycles. The fraction of sp³-hybridized carbons (Fsp3) is 0.0588. The lowest BCUT2D eigenvalue weighted by Gasteiger charge is -2.02. The van der Waals surface area contributed by atoms with Gasteiger partial charge >= 0.3 is 0 Å². The zero-order valence-corrected chi connectivity index (χ0v) is 13.4. The topological polar surface area (TPSA) is 42.0 Å². The summed E-state index contributed by atoms with van der Waals surface area (Å²) < 4.78 is 0. The summed E-state index contributed by atoms with van der Waals surface area (Å²) >= 11 is 7.60. The molecule has 22 heavy (non-hydrogen) atoms. The zero-order chi connectivity index (χ0) is 15.5. The lowest BCUT2D eigenvalue weighted by molar-refractivity contribution is -0.114. The lowest BCUT2D eigenvalue weighted by atomic mass is 10.1. The van der Waals surface area contributed by atoms with E-state index in [-0.39, 0.29) is 5.91 Å². The first kappa shape index (κ1) is 14.8. The first-order valence-corrected chi connectivity index (χ1v) is 7.97. The highest BCUT2D eigenvalue weighted by molar-refractivity contribution is 7.13. The Morgan fingerprint density at radius 2 is 1.91 bits per heavy atom. The molecule has 0 saturated heterocycles. The van der Waals surface area contributed by atoms with Gasteiger partial charge in [-0.1, -0.05) is 35.9 Å². The van der Waals surface area contributed by atoms with Crippen LogP contribution >= 0.6 is 22.9 Å². The minimum Gasteiger partial charge on any atom is -0.326 e. The Morgan fingerprint density at radius 3 is 2.59 bits per heavy atom. The molecule has 3 rings (SSSR count). The maximum atomic E-state index is 11.0. The fourth-order valence-electron chi connectivity index (χ4n) is 2.09. The van der Waals surface area contributed by atoms with Gasteiger partial charge in [-0.25, -0.2) is 4.98 Å². The minimum atomic E-state index is -0.0790. The molecule has 0 aliphatic heterocycles. The summed E-state index contributed by atoms with van der Waals surface area (Å²) in [5.41, 5.74) is 3.72. The Balaban J connectivity index is 1.86. The third-order valence-corrected chi connectivity index (χ3v) is 4.20. The number of carbonyl (C=O) groups is 1. The predicted molar refractivity (Wildman–Crippen MR) is 92.3 cm³/mol. The standard InChI is InChI=1S/C17H13ClN2OS/c1-11(21)19-15-7-5-12(6-8-15)16-10-22-17(20-16)13-3-2-4-14(18)9-13/h2-10H,1H3,(H,19,21). The van der Waals surface area contributed by atoms with Crippen LogP contribution in [0.4, 0.5) is 5.69 Å². The van der Waals surface area contributed by atoms with E-state index < -0.39 is 0 Å². The van der Waals surface area contributed by atoms with E-state index in [9.17, 15) is 4.79 Å². The predicted octanol–water partition coefficient (Wildman–Crippen LogP) is 5.09. The van der Waals surface area contributed by atoms with Gasteiger partial charge in [0.25, 0.3) is 0 Å². The average molecular weight is 329 g/mol. The Labute approximate surface area is 137 Å². The van der Waals surface area contributed by atoms with Crippen molar-refractivity contribution in [3.63, 3.8) is 0 Å². The van der Waals surface area contributed by atoms with Crippen LogP contribution in [-0.4, -0.2) is 10.9 Å². The van der Waals surface area contributed by atoms with Crippen LogP contribution in [0.3, 0.4) is 0 Å². The molecule has 0 fully saturated rings. The number of nitrogens with zero attached hydrogens (tertiary/aromatic N) is 1. The van der Waals surface area contributed by atoms with Crippen molar-refractivity contribution in [1.82, 2.24) is 4.98 Å². The van der Waals surface area contributed by atoms with Crippen LogP contribution in [-0.2, 0) is 4.79 Å². The van der Waals surface area contributed by atoms with Crippen LogP contribution in [0.15, 0.2) is 53.9 Å². The Hall–Kier alpha value is -2.17. The maximum absolute atomic E-state index is 11.0. The number of thiazole rings is 1. The number of anilines is 1. The monoisotopic (exact) mass is 328 g/mol. The molecule has 0 atom stereocenters. The second kappa shape index (κ2) is 6.30. The number of hydrogen-bond acceptors (Lipinski definition) is 3. The second-order valence-electron chi connectivity index (χ2n) is 4.81. The highest BCUT2D eigenvalue weighted by atomic mass is 35.5. The fourth-order valence-corrected chi connectivity index (χ4v) is 3.10.